The lowest BCUT2D eigenvalue weighted by molar-refractivity contribution is -0.137. The summed E-state index contributed by atoms with van der Waals surface area (Å²) in [6.45, 7) is -0.296. The second-order valence-electron chi connectivity index (χ2n) is 4.13. The number of aromatic nitrogens is 2. The zero-order valence-electron chi connectivity index (χ0n) is 10.5. The second-order valence-corrected chi connectivity index (χ2v) is 4.94. The molecule has 1 aromatic heterocycles. The number of carboxylic acids is 1. The fourth-order valence-corrected chi connectivity index (χ4v) is 2.06. The summed E-state index contributed by atoms with van der Waals surface area (Å²) in [6, 6.07) is 2.78. The summed E-state index contributed by atoms with van der Waals surface area (Å²) in [5, 5.41) is 15.3. The van der Waals surface area contributed by atoms with Gasteiger partial charge in [0.1, 0.15) is 6.54 Å². The van der Waals surface area contributed by atoms with Crippen molar-refractivity contribution in [3.05, 3.63) is 40.1 Å². The van der Waals surface area contributed by atoms with E-state index >= 15 is 0 Å². The highest BCUT2D eigenvalue weighted by Gasteiger charge is 2.12. The fourth-order valence-electron chi connectivity index (χ4n) is 1.57. The third-order valence-electron chi connectivity index (χ3n) is 2.53. The van der Waals surface area contributed by atoms with E-state index in [-0.39, 0.29) is 27.8 Å². The Morgan fingerprint density at radius 3 is 2.52 bits per heavy atom. The molecule has 0 atom stereocenters. The molecule has 2 rings (SSSR count). The van der Waals surface area contributed by atoms with Gasteiger partial charge in [0.05, 0.1) is 27.6 Å². The minimum Gasteiger partial charge on any atom is -0.480 e. The van der Waals surface area contributed by atoms with Crippen molar-refractivity contribution in [3.63, 3.8) is 0 Å². The van der Waals surface area contributed by atoms with Gasteiger partial charge >= 0.3 is 5.97 Å². The predicted octanol–water partition coefficient (Wildman–Crippen LogP) is 2.11. The molecule has 1 amide bonds. The van der Waals surface area contributed by atoms with E-state index in [1.165, 1.54) is 29.2 Å². The van der Waals surface area contributed by atoms with Crippen LogP contribution in [0.2, 0.25) is 10.0 Å². The molecule has 0 saturated carbocycles. The number of amides is 1. The molecule has 0 saturated heterocycles. The largest absolute Gasteiger partial charge is 0.480 e. The van der Waals surface area contributed by atoms with Crippen LogP contribution in [-0.4, -0.2) is 26.8 Å². The van der Waals surface area contributed by atoms with Crippen molar-refractivity contribution in [3.8, 4) is 0 Å². The zero-order valence-corrected chi connectivity index (χ0v) is 12.0. The predicted molar refractivity (Wildman–Crippen MR) is 78.7 cm³/mol. The first-order chi connectivity index (χ1) is 9.86. The number of carboxylic acid groups (broad SMARTS) is 1. The molecule has 21 heavy (non-hydrogen) atoms. The number of benzene rings is 1. The van der Waals surface area contributed by atoms with Crippen LogP contribution in [0.5, 0.6) is 0 Å². The van der Waals surface area contributed by atoms with E-state index in [0.717, 1.165) is 0 Å². The van der Waals surface area contributed by atoms with Gasteiger partial charge in [0.15, 0.2) is 0 Å². The highest BCUT2D eigenvalue weighted by Crippen LogP contribution is 2.29. The number of rotatable bonds is 4. The van der Waals surface area contributed by atoms with Crippen molar-refractivity contribution in [1.29, 1.82) is 0 Å². The maximum atomic E-state index is 12.0. The van der Waals surface area contributed by atoms with Crippen LogP contribution in [0.3, 0.4) is 0 Å². The lowest BCUT2D eigenvalue weighted by Crippen LogP contribution is -2.12. The number of nitrogens with zero attached hydrogens (tertiary/aromatic N) is 2. The number of nitrogens with one attached hydrogen (secondary N) is 1. The summed E-state index contributed by atoms with van der Waals surface area (Å²) in [5.41, 5.74) is 6.37. The molecule has 0 bridgehead atoms. The Morgan fingerprint density at radius 2 is 1.95 bits per heavy atom. The van der Waals surface area contributed by atoms with Gasteiger partial charge in [-0.15, -0.1) is 0 Å². The third-order valence-corrected chi connectivity index (χ3v) is 3.16. The van der Waals surface area contributed by atoms with E-state index in [9.17, 15) is 9.59 Å². The van der Waals surface area contributed by atoms with E-state index in [2.05, 4.69) is 10.4 Å². The second kappa shape index (κ2) is 6.02. The van der Waals surface area contributed by atoms with E-state index in [0.29, 0.717) is 5.69 Å². The molecule has 0 aliphatic heterocycles. The first kappa shape index (κ1) is 15.1. The van der Waals surface area contributed by atoms with Crippen molar-refractivity contribution in [1.82, 2.24) is 9.78 Å². The number of carbonyl (C=O) groups excluding carboxylic acids is 1. The number of anilines is 2. The molecule has 0 radical (unpaired) electrons. The number of hydrogen-bond donors (Lipinski definition) is 3. The van der Waals surface area contributed by atoms with Gasteiger partial charge in [0.2, 0.25) is 0 Å². The van der Waals surface area contributed by atoms with Crippen LogP contribution in [-0.2, 0) is 11.3 Å². The number of nitrogens with two attached hydrogens (primary N) is 1. The number of halogens is 2. The van der Waals surface area contributed by atoms with E-state index in [1.54, 1.807) is 0 Å². The van der Waals surface area contributed by atoms with Crippen molar-refractivity contribution < 1.29 is 14.7 Å². The smallest absolute Gasteiger partial charge is 0.325 e. The molecule has 4 N–H and O–H groups in total. The average molecular weight is 329 g/mol. The molecule has 0 fully saturated rings. The summed E-state index contributed by atoms with van der Waals surface area (Å²) >= 11 is 11.7. The third kappa shape index (κ3) is 3.65. The summed E-state index contributed by atoms with van der Waals surface area (Å²) in [7, 11) is 0. The molecule has 2 aromatic rings. The van der Waals surface area contributed by atoms with Crippen molar-refractivity contribution in [2.24, 2.45) is 0 Å². The number of carbonyl (C=O) groups is 2. The molecule has 9 heteroatoms. The molecule has 7 nitrogen and oxygen atoms in total. The highest BCUT2D eigenvalue weighted by molar-refractivity contribution is 6.39. The summed E-state index contributed by atoms with van der Waals surface area (Å²) in [5.74, 6) is -1.50. The van der Waals surface area contributed by atoms with Crippen LogP contribution < -0.4 is 11.1 Å². The zero-order chi connectivity index (χ0) is 15.6. The van der Waals surface area contributed by atoms with Gasteiger partial charge in [-0.05, 0) is 12.1 Å². The fraction of sp³-hybridized carbons (Fsp3) is 0.0833. The van der Waals surface area contributed by atoms with Gasteiger partial charge < -0.3 is 16.2 Å². The normalized spacial score (nSPS) is 10.4. The molecule has 0 aliphatic rings. The first-order valence-electron chi connectivity index (χ1n) is 5.67. The van der Waals surface area contributed by atoms with Gasteiger partial charge in [-0.2, -0.15) is 5.10 Å². The van der Waals surface area contributed by atoms with Crippen molar-refractivity contribution >= 4 is 46.5 Å². The first-order valence-corrected chi connectivity index (χ1v) is 6.42. The van der Waals surface area contributed by atoms with Gasteiger partial charge in [0, 0.05) is 11.8 Å². The lowest BCUT2D eigenvalue weighted by atomic mass is 10.2. The molecule has 1 aromatic carbocycles. The standard InChI is InChI=1S/C12H10Cl2N4O3/c13-8-1-6(2-9(14)11(8)15)12(21)17-7-3-16-18(4-7)5-10(19)20/h1-4H,5,15H2,(H,17,21)(H,19,20). The minimum absolute atomic E-state index is 0.175. The molecule has 0 spiro atoms. The Kier molecular flexibility index (Phi) is 4.35. The van der Waals surface area contributed by atoms with Gasteiger partial charge in [-0.25, -0.2) is 0 Å². The molecule has 1 heterocycles. The summed E-state index contributed by atoms with van der Waals surface area (Å²) in [6.07, 6.45) is 2.73. The molecule has 0 unspecified atom stereocenters. The van der Waals surface area contributed by atoms with Gasteiger partial charge in [0.25, 0.3) is 5.91 Å². The van der Waals surface area contributed by atoms with Crippen molar-refractivity contribution in [2.45, 2.75) is 6.54 Å². The van der Waals surface area contributed by atoms with E-state index in [1.807, 2.05) is 0 Å². The molecular weight excluding hydrogens is 319 g/mol. The Hall–Kier alpha value is -2.25. The maximum absolute atomic E-state index is 12.0. The van der Waals surface area contributed by atoms with Crippen LogP contribution in [0.15, 0.2) is 24.5 Å². The van der Waals surface area contributed by atoms with E-state index < -0.39 is 11.9 Å². The van der Waals surface area contributed by atoms with Crippen LogP contribution in [0.1, 0.15) is 10.4 Å². The molecular formula is C12H10Cl2N4O3. The van der Waals surface area contributed by atoms with Crippen molar-refractivity contribution in [2.75, 3.05) is 11.1 Å². The van der Waals surface area contributed by atoms with Crippen LogP contribution in [0.25, 0.3) is 0 Å². The Morgan fingerprint density at radius 1 is 1.33 bits per heavy atom. The Balaban J connectivity index is 2.14. The Bertz CT molecular complexity index is 691. The molecule has 0 aliphatic carbocycles. The SMILES string of the molecule is Nc1c(Cl)cc(C(=O)Nc2cnn(CC(=O)O)c2)cc1Cl. The Labute approximate surface area is 129 Å². The highest BCUT2D eigenvalue weighted by atomic mass is 35.5. The van der Waals surface area contributed by atoms with Crippen LogP contribution in [0.4, 0.5) is 11.4 Å². The average Bonchev–Trinajstić information content (AvgIpc) is 2.81. The minimum atomic E-state index is -1.03. The summed E-state index contributed by atoms with van der Waals surface area (Å²) < 4.78 is 1.18. The lowest BCUT2D eigenvalue weighted by Gasteiger charge is -2.06. The quantitative estimate of drug-likeness (QED) is 0.744. The number of aliphatic carboxylic acids is 1. The van der Waals surface area contributed by atoms with Crippen LogP contribution >= 0.6 is 23.2 Å². The van der Waals surface area contributed by atoms with Gasteiger partial charge in [-0.1, -0.05) is 23.2 Å². The van der Waals surface area contributed by atoms with E-state index in [4.69, 9.17) is 34.0 Å². The monoisotopic (exact) mass is 328 g/mol. The summed E-state index contributed by atoms with van der Waals surface area (Å²) in [4.78, 5) is 22.6. The molecule has 110 valence electrons. The van der Waals surface area contributed by atoms with Gasteiger partial charge in [-0.3, -0.25) is 14.3 Å². The number of hydrogen-bond acceptors (Lipinski definition) is 4. The van der Waals surface area contributed by atoms with Crippen LogP contribution in [0, 0.1) is 0 Å². The topological polar surface area (TPSA) is 110 Å². The maximum Gasteiger partial charge on any atom is 0.325 e. The number of nitrogen functional groups attached to an aromatic ring is 1.